The van der Waals surface area contributed by atoms with E-state index in [1.165, 1.54) is 24.4 Å². The number of anilines is 2. The lowest BCUT2D eigenvalue weighted by molar-refractivity contribution is 0.0690. The third-order valence-electron chi connectivity index (χ3n) is 4.24. The number of pyridine rings is 1. The number of ether oxygens (including phenoxy) is 1. The number of nitrogens with one attached hydrogen (secondary N) is 1. The van der Waals surface area contributed by atoms with Gasteiger partial charge < -0.3 is 19.7 Å². The average molecular weight is 396 g/mol. The maximum absolute atomic E-state index is 13.9. The normalized spacial score (nSPS) is 10.9. The van der Waals surface area contributed by atoms with E-state index in [2.05, 4.69) is 15.3 Å². The maximum atomic E-state index is 13.9. The summed E-state index contributed by atoms with van der Waals surface area (Å²) in [5, 5.41) is 11.7. The number of carboxylic acids is 1. The molecule has 4 aromatic rings. The molecule has 0 radical (unpaired) electrons. The average Bonchev–Trinajstić information content (AvgIpc) is 3.00. The third-order valence-corrected chi connectivity index (χ3v) is 4.24. The summed E-state index contributed by atoms with van der Waals surface area (Å²) in [6, 6.07) is 11.5. The summed E-state index contributed by atoms with van der Waals surface area (Å²) in [5.74, 6) is -1.65. The molecule has 2 N–H and O–H groups in total. The molecule has 0 amide bonds. The topological polar surface area (TPSA) is 89.3 Å². The summed E-state index contributed by atoms with van der Waals surface area (Å²) < 4.78 is 35.2. The van der Waals surface area contributed by atoms with Crippen molar-refractivity contribution in [3.8, 4) is 11.5 Å². The molecule has 29 heavy (non-hydrogen) atoms. The Morgan fingerprint density at radius 3 is 2.55 bits per heavy atom. The first kappa shape index (κ1) is 18.4. The molecular formula is C20H14F2N4O3. The van der Waals surface area contributed by atoms with Crippen LogP contribution in [0.5, 0.6) is 11.5 Å². The van der Waals surface area contributed by atoms with E-state index >= 15 is 0 Å². The molecule has 0 saturated heterocycles. The molecule has 0 aliphatic rings. The van der Waals surface area contributed by atoms with E-state index in [0.717, 1.165) is 12.1 Å². The number of imidazole rings is 1. The van der Waals surface area contributed by atoms with Crippen LogP contribution in [0.15, 0.2) is 54.7 Å². The zero-order chi connectivity index (χ0) is 20.5. The molecule has 4 rings (SSSR count). The van der Waals surface area contributed by atoms with Crippen LogP contribution in [0.3, 0.4) is 0 Å². The number of fused-ring (bicyclic) bond motifs is 1. The molecule has 2 heterocycles. The third kappa shape index (κ3) is 3.57. The number of aromatic carboxylic acids is 1. The van der Waals surface area contributed by atoms with Gasteiger partial charge in [-0.3, -0.25) is 0 Å². The zero-order valence-corrected chi connectivity index (χ0v) is 15.1. The summed E-state index contributed by atoms with van der Waals surface area (Å²) in [4.78, 5) is 19.1. The van der Waals surface area contributed by atoms with Crippen molar-refractivity contribution in [3.05, 3.63) is 72.1 Å². The van der Waals surface area contributed by atoms with Crippen molar-refractivity contribution in [2.24, 2.45) is 7.05 Å². The maximum Gasteiger partial charge on any atom is 0.354 e. The molecule has 146 valence electrons. The number of rotatable bonds is 5. The summed E-state index contributed by atoms with van der Waals surface area (Å²) in [7, 11) is 1.71. The number of aryl methyl sites for hydroxylation is 1. The standard InChI is InChI=1S/C20H14F2N4O3/c1-26-17-6-5-11(29-12-7-8-23-16(10-12)19(27)28)9-15(17)24-20(26)25-18-13(21)3-2-4-14(18)22/h2-10H,1H3,(H,24,25)(H,27,28). The predicted octanol–water partition coefficient (Wildman–Crippen LogP) is 4.48. The van der Waals surface area contributed by atoms with Gasteiger partial charge >= 0.3 is 5.97 Å². The Morgan fingerprint density at radius 2 is 1.83 bits per heavy atom. The van der Waals surface area contributed by atoms with Crippen LogP contribution in [-0.4, -0.2) is 25.6 Å². The Bertz CT molecular complexity index is 1220. The van der Waals surface area contributed by atoms with Crippen LogP contribution in [0.25, 0.3) is 11.0 Å². The van der Waals surface area contributed by atoms with Crippen molar-refractivity contribution in [2.45, 2.75) is 0 Å². The van der Waals surface area contributed by atoms with E-state index < -0.39 is 17.6 Å². The molecule has 0 spiro atoms. The van der Waals surface area contributed by atoms with E-state index in [1.807, 2.05) is 0 Å². The summed E-state index contributed by atoms with van der Waals surface area (Å²) in [6.07, 6.45) is 1.34. The van der Waals surface area contributed by atoms with Gasteiger partial charge in [-0.15, -0.1) is 0 Å². The number of halogens is 2. The second-order valence-corrected chi connectivity index (χ2v) is 6.15. The number of carbonyl (C=O) groups is 1. The van der Waals surface area contributed by atoms with Crippen LogP contribution < -0.4 is 10.1 Å². The first-order chi connectivity index (χ1) is 13.9. The quantitative estimate of drug-likeness (QED) is 0.517. The van der Waals surface area contributed by atoms with Gasteiger partial charge in [0.1, 0.15) is 28.8 Å². The molecule has 2 aromatic heterocycles. The molecule has 0 aliphatic heterocycles. The van der Waals surface area contributed by atoms with E-state index in [-0.39, 0.29) is 17.3 Å². The molecule has 2 aromatic carbocycles. The van der Waals surface area contributed by atoms with Crippen molar-refractivity contribution in [2.75, 3.05) is 5.32 Å². The Labute approximate surface area is 163 Å². The van der Waals surface area contributed by atoms with Gasteiger partial charge in [0.2, 0.25) is 5.95 Å². The van der Waals surface area contributed by atoms with Crippen LogP contribution in [0.4, 0.5) is 20.4 Å². The van der Waals surface area contributed by atoms with Gasteiger partial charge in [-0.05, 0) is 30.3 Å². The van der Waals surface area contributed by atoms with Crippen LogP contribution >= 0.6 is 0 Å². The monoisotopic (exact) mass is 396 g/mol. The van der Waals surface area contributed by atoms with Gasteiger partial charge in [-0.25, -0.2) is 23.5 Å². The van der Waals surface area contributed by atoms with Crippen LogP contribution in [0.1, 0.15) is 10.5 Å². The summed E-state index contributed by atoms with van der Waals surface area (Å²) in [5.41, 5.74) is 0.800. The van der Waals surface area contributed by atoms with Gasteiger partial charge in [0, 0.05) is 25.4 Å². The van der Waals surface area contributed by atoms with Gasteiger partial charge in [0.15, 0.2) is 5.69 Å². The molecule has 0 bridgehead atoms. The van der Waals surface area contributed by atoms with Gasteiger partial charge in [-0.2, -0.15) is 0 Å². The number of nitrogens with zero attached hydrogens (tertiary/aromatic N) is 3. The first-order valence-electron chi connectivity index (χ1n) is 8.47. The van der Waals surface area contributed by atoms with Gasteiger partial charge in [-0.1, -0.05) is 6.07 Å². The van der Waals surface area contributed by atoms with E-state index in [0.29, 0.717) is 22.5 Å². The highest BCUT2D eigenvalue weighted by atomic mass is 19.1. The molecule has 9 heteroatoms. The van der Waals surface area contributed by atoms with Crippen molar-refractivity contribution in [1.82, 2.24) is 14.5 Å². The number of benzene rings is 2. The largest absolute Gasteiger partial charge is 0.477 e. The Hall–Kier alpha value is -4.01. The van der Waals surface area contributed by atoms with E-state index in [1.54, 1.807) is 29.8 Å². The number of para-hydroxylation sites is 1. The van der Waals surface area contributed by atoms with E-state index in [9.17, 15) is 13.6 Å². The van der Waals surface area contributed by atoms with Crippen LogP contribution in [0.2, 0.25) is 0 Å². The highest BCUT2D eigenvalue weighted by molar-refractivity contribution is 5.85. The predicted molar refractivity (Wildman–Crippen MR) is 102 cm³/mol. The molecule has 0 saturated carbocycles. The Morgan fingerprint density at radius 1 is 1.10 bits per heavy atom. The van der Waals surface area contributed by atoms with Gasteiger partial charge in [0.05, 0.1) is 11.0 Å². The lowest BCUT2D eigenvalue weighted by Crippen LogP contribution is -2.02. The zero-order valence-electron chi connectivity index (χ0n) is 15.1. The lowest BCUT2D eigenvalue weighted by atomic mass is 10.3. The minimum Gasteiger partial charge on any atom is -0.477 e. The fraction of sp³-hybridized carbons (Fsp3) is 0.0500. The summed E-state index contributed by atoms with van der Waals surface area (Å²) >= 11 is 0. The minimum absolute atomic E-state index is 0.139. The van der Waals surface area contributed by atoms with E-state index in [4.69, 9.17) is 9.84 Å². The van der Waals surface area contributed by atoms with Gasteiger partial charge in [0.25, 0.3) is 0 Å². The van der Waals surface area contributed by atoms with Crippen molar-refractivity contribution in [1.29, 1.82) is 0 Å². The molecule has 0 atom stereocenters. The van der Waals surface area contributed by atoms with Crippen molar-refractivity contribution < 1.29 is 23.4 Å². The number of hydrogen-bond acceptors (Lipinski definition) is 5. The second kappa shape index (κ2) is 7.19. The first-order valence-corrected chi connectivity index (χ1v) is 8.47. The number of aromatic nitrogens is 3. The Balaban J connectivity index is 1.65. The summed E-state index contributed by atoms with van der Waals surface area (Å²) in [6.45, 7) is 0. The smallest absolute Gasteiger partial charge is 0.354 e. The second-order valence-electron chi connectivity index (χ2n) is 6.15. The molecular weight excluding hydrogens is 382 g/mol. The molecule has 0 unspecified atom stereocenters. The number of carboxylic acid groups (broad SMARTS) is 1. The van der Waals surface area contributed by atoms with Crippen LogP contribution in [-0.2, 0) is 7.05 Å². The van der Waals surface area contributed by atoms with Crippen molar-refractivity contribution >= 4 is 28.6 Å². The highest BCUT2D eigenvalue weighted by Crippen LogP contribution is 2.29. The van der Waals surface area contributed by atoms with Crippen LogP contribution in [0, 0.1) is 11.6 Å². The lowest BCUT2D eigenvalue weighted by Gasteiger charge is -2.08. The van der Waals surface area contributed by atoms with Crippen molar-refractivity contribution in [3.63, 3.8) is 0 Å². The number of hydrogen-bond donors (Lipinski definition) is 2. The SMILES string of the molecule is Cn1c(Nc2c(F)cccc2F)nc2cc(Oc3ccnc(C(=O)O)c3)ccc21. The molecule has 0 aliphatic carbocycles. The minimum atomic E-state index is -1.16. The Kier molecular flexibility index (Phi) is 4.55. The highest BCUT2D eigenvalue weighted by Gasteiger charge is 2.14. The fourth-order valence-electron chi connectivity index (χ4n) is 2.81. The fourth-order valence-corrected chi connectivity index (χ4v) is 2.81. The molecule has 7 nitrogen and oxygen atoms in total. The molecule has 0 fully saturated rings.